The Bertz CT molecular complexity index is 965. The molecule has 0 saturated carbocycles. The monoisotopic (exact) mass is 409 g/mol. The van der Waals surface area contributed by atoms with Crippen LogP contribution in [0.3, 0.4) is 0 Å². The van der Waals surface area contributed by atoms with Crippen molar-refractivity contribution >= 4 is 23.0 Å². The first-order valence-corrected chi connectivity index (χ1v) is 10.4. The van der Waals surface area contributed by atoms with Crippen LogP contribution in [0.4, 0.5) is 0 Å². The van der Waals surface area contributed by atoms with E-state index in [2.05, 4.69) is 16.5 Å². The molecule has 150 valence electrons. The van der Waals surface area contributed by atoms with Gasteiger partial charge in [-0.1, -0.05) is 0 Å². The quantitative estimate of drug-likeness (QED) is 0.588. The molecular weight excluding hydrogens is 386 g/mol. The van der Waals surface area contributed by atoms with Gasteiger partial charge in [0.15, 0.2) is 0 Å². The van der Waals surface area contributed by atoms with Gasteiger partial charge in [-0.15, -0.1) is 0 Å². The van der Waals surface area contributed by atoms with Crippen LogP contribution in [-0.4, -0.2) is 42.2 Å². The summed E-state index contributed by atoms with van der Waals surface area (Å²) in [5.74, 6) is 1.48. The Morgan fingerprint density at radius 2 is 2.14 bits per heavy atom. The summed E-state index contributed by atoms with van der Waals surface area (Å²) in [7, 11) is 3.59. The van der Waals surface area contributed by atoms with Gasteiger partial charge >= 0.3 is 0 Å². The van der Waals surface area contributed by atoms with E-state index in [1.165, 1.54) is 5.56 Å². The largest absolute Gasteiger partial charge is 0.497 e. The van der Waals surface area contributed by atoms with E-state index in [-0.39, 0.29) is 18.5 Å². The third kappa shape index (κ3) is 4.41. The Morgan fingerprint density at radius 1 is 1.31 bits per heavy atom. The van der Waals surface area contributed by atoms with Gasteiger partial charge < -0.3 is 9.15 Å². The minimum Gasteiger partial charge on any atom is -0.497 e. The van der Waals surface area contributed by atoms with Gasteiger partial charge in [0.2, 0.25) is 0 Å². The van der Waals surface area contributed by atoms with Gasteiger partial charge in [-0.05, 0) is 71.4 Å². The Labute approximate surface area is 174 Å². The molecular formula is C22H23N3O3S. The second-order valence-corrected chi connectivity index (χ2v) is 7.83. The molecule has 29 heavy (non-hydrogen) atoms. The number of carbonyl (C=O) groups is 1. The topological polar surface area (TPSA) is 58.3 Å². The number of furan rings is 1. The van der Waals surface area contributed by atoms with Crippen molar-refractivity contribution < 1.29 is 13.9 Å². The fourth-order valence-electron chi connectivity index (χ4n) is 3.45. The van der Waals surface area contributed by atoms with Crippen LogP contribution < -0.4 is 4.74 Å². The number of hydrogen-bond donors (Lipinski definition) is 0. The molecule has 0 saturated heterocycles. The Balaban J connectivity index is 1.53. The van der Waals surface area contributed by atoms with Crippen LogP contribution in [0, 0.1) is 0 Å². The first-order valence-electron chi connectivity index (χ1n) is 9.41. The van der Waals surface area contributed by atoms with Crippen LogP contribution in [0.15, 0.2) is 69.0 Å². The van der Waals surface area contributed by atoms with Crippen LogP contribution in [-0.2, 0) is 11.3 Å². The summed E-state index contributed by atoms with van der Waals surface area (Å²) in [6.07, 6.45) is 2.24. The molecule has 0 radical (unpaired) electrons. The number of hydrazone groups is 1. The summed E-state index contributed by atoms with van der Waals surface area (Å²) in [6.45, 7) is 1.01. The first kappa shape index (κ1) is 19.4. The number of methoxy groups -OCH3 is 1. The average Bonchev–Trinajstić information content (AvgIpc) is 3.48. The molecule has 3 heterocycles. The number of hydrogen-bond acceptors (Lipinski definition) is 6. The van der Waals surface area contributed by atoms with E-state index in [0.29, 0.717) is 6.42 Å². The Morgan fingerprint density at radius 3 is 2.79 bits per heavy atom. The summed E-state index contributed by atoms with van der Waals surface area (Å²) >= 11 is 1.66. The highest BCUT2D eigenvalue weighted by Gasteiger charge is 2.35. The average molecular weight is 410 g/mol. The number of benzene rings is 1. The minimum atomic E-state index is -0.232. The predicted octanol–water partition coefficient (Wildman–Crippen LogP) is 4.16. The number of nitrogens with zero attached hydrogens (tertiary/aromatic N) is 3. The molecule has 0 bridgehead atoms. The summed E-state index contributed by atoms with van der Waals surface area (Å²) in [5, 5.41) is 10.4. The fourth-order valence-corrected chi connectivity index (χ4v) is 4.11. The maximum Gasteiger partial charge on any atom is 0.257 e. The van der Waals surface area contributed by atoms with E-state index < -0.39 is 0 Å². The van der Waals surface area contributed by atoms with Crippen molar-refractivity contribution in [3.8, 4) is 5.75 Å². The van der Waals surface area contributed by atoms with Gasteiger partial charge in [0.05, 0.1) is 25.6 Å². The number of likely N-dealkylation sites (N-methyl/N-ethyl adjacent to an activating group) is 1. The Hall–Kier alpha value is -2.90. The Kier molecular flexibility index (Phi) is 5.78. The van der Waals surface area contributed by atoms with Crippen LogP contribution >= 0.6 is 11.3 Å². The maximum absolute atomic E-state index is 13.1. The summed E-state index contributed by atoms with van der Waals surface area (Å²) in [5.41, 5.74) is 3.05. The van der Waals surface area contributed by atoms with E-state index in [1.807, 2.05) is 53.7 Å². The third-order valence-electron chi connectivity index (χ3n) is 4.90. The molecule has 1 aliphatic heterocycles. The molecule has 4 rings (SSSR count). The van der Waals surface area contributed by atoms with Crippen LogP contribution in [0.5, 0.6) is 5.75 Å². The molecule has 0 spiro atoms. The highest BCUT2D eigenvalue weighted by atomic mass is 32.1. The minimum absolute atomic E-state index is 0.0485. The van der Waals surface area contributed by atoms with Crippen LogP contribution in [0.25, 0.3) is 0 Å². The lowest BCUT2D eigenvalue weighted by Gasteiger charge is -2.23. The van der Waals surface area contributed by atoms with E-state index in [0.717, 1.165) is 29.3 Å². The highest BCUT2D eigenvalue weighted by Crippen LogP contribution is 2.33. The lowest BCUT2D eigenvalue weighted by molar-refractivity contribution is -0.134. The van der Waals surface area contributed by atoms with Crippen molar-refractivity contribution in [3.05, 3.63) is 76.4 Å². The molecule has 1 aromatic carbocycles. The van der Waals surface area contributed by atoms with E-state index in [1.54, 1.807) is 29.7 Å². The zero-order valence-electron chi connectivity index (χ0n) is 16.4. The molecule has 3 aromatic rings. The smallest absolute Gasteiger partial charge is 0.257 e. The maximum atomic E-state index is 13.1. The molecule has 1 aliphatic rings. The van der Waals surface area contributed by atoms with Crippen molar-refractivity contribution in [2.75, 3.05) is 20.7 Å². The second kappa shape index (κ2) is 8.63. The van der Waals surface area contributed by atoms with Crippen LogP contribution in [0.2, 0.25) is 0 Å². The van der Waals surface area contributed by atoms with Gasteiger partial charge in [-0.3, -0.25) is 9.69 Å². The van der Waals surface area contributed by atoms with Gasteiger partial charge in [0.1, 0.15) is 17.6 Å². The van der Waals surface area contributed by atoms with Gasteiger partial charge in [0, 0.05) is 13.0 Å². The van der Waals surface area contributed by atoms with Crippen LogP contribution in [0.1, 0.15) is 29.3 Å². The molecule has 7 heteroatoms. The van der Waals surface area contributed by atoms with Gasteiger partial charge in [-0.2, -0.15) is 16.4 Å². The molecule has 6 nitrogen and oxygen atoms in total. The number of carbonyl (C=O) groups excluding carboxylic acids is 1. The molecule has 0 N–H and O–H groups in total. The SMILES string of the molecule is COc1ccc(C2=NN(C(=O)CN(C)Cc3ccsc3)[C@@H](c3ccco3)C2)cc1. The zero-order valence-corrected chi connectivity index (χ0v) is 17.3. The number of rotatable bonds is 7. The predicted molar refractivity (Wildman–Crippen MR) is 113 cm³/mol. The summed E-state index contributed by atoms with van der Waals surface area (Å²) in [4.78, 5) is 15.1. The second-order valence-electron chi connectivity index (χ2n) is 7.05. The van der Waals surface area contributed by atoms with Crippen molar-refractivity contribution in [1.82, 2.24) is 9.91 Å². The molecule has 1 atom stereocenters. The van der Waals surface area contributed by atoms with Gasteiger partial charge in [-0.25, -0.2) is 5.01 Å². The van der Waals surface area contributed by atoms with Crippen molar-refractivity contribution in [3.63, 3.8) is 0 Å². The number of thiophene rings is 1. The first-order chi connectivity index (χ1) is 14.1. The third-order valence-corrected chi connectivity index (χ3v) is 5.63. The highest BCUT2D eigenvalue weighted by molar-refractivity contribution is 7.07. The fraction of sp³-hybridized carbons (Fsp3) is 0.273. The zero-order chi connectivity index (χ0) is 20.2. The van der Waals surface area contributed by atoms with E-state index >= 15 is 0 Å². The molecule has 0 fully saturated rings. The molecule has 0 aliphatic carbocycles. The van der Waals surface area contributed by atoms with E-state index in [9.17, 15) is 4.79 Å². The van der Waals surface area contributed by atoms with E-state index in [4.69, 9.17) is 9.15 Å². The lowest BCUT2D eigenvalue weighted by Crippen LogP contribution is -2.36. The summed E-state index contributed by atoms with van der Waals surface area (Å²) < 4.78 is 10.8. The number of amides is 1. The normalized spacial score (nSPS) is 16.3. The van der Waals surface area contributed by atoms with Crippen molar-refractivity contribution in [1.29, 1.82) is 0 Å². The molecule has 1 amide bonds. The number of ether oxygens (including phenoxy) is 1. The summed E-state index contributed by atoms with van der Waals surface area (Å²) in [6, 6.07) is 13.3. The van der Waals surface area contributed by atoms with Gasteiger partial charge in [0.25, 0.3) is 5.91 Å². The molecule has 0 unspecified atom stereocenters. The molecule has 2 aromatic heterocycles. The standard InChI is InChI=1S/C22H23N3O3S/c1-24(13-16-9-11-29-15-16)14-22(26)25-20(21-4-3-10-28-21)12-19(23-25)17-5-7-18(27-2)8-6-17/h3-11,15,20H,12-14H2,1-2H3/t20-/m1/s1. The lowest BCUT2D eigenvalue weighted by atomic mass is 10.0. The van der Waals surface area contributed by atoms with Crippen molar-refractivity contribution in [2.24, 2.45) is 5.10 Å². The van der Waals surface area contributed by atoms with Crippen molar-refractivity contribution in [2.45, 2.75) is 19.0 Å².